The molecule has 0 aliphatic rings. The number of aromatic carboxylic acids is 1. The number of nitrogens with zero attached hydrogens (tertiary/aromatic N) is 2. The number of hydrogen-bond donors (Lipinski definition) is 1. The molecule has 0 radical (unpaired) electrons. The Bertz CT molecular complexity index is 579. The van der Waals surface area contributed by atoms with Gasteiger partial charge in [-0.05, 0) is 37.1 Å². The highest BCUT2D eigenvalue weighted by Gasteiger charge is 2.13. The second-order valence-electron chi connectivity index (χ2n) is 3.95. The van der Waals surface area contributed by atoms with Gasteiger partial charge < -0.3 is 9.84 Å². The number of benzene rings is 1. The smallest absolute Gasteiger partial charge is 0.339 e. The van der Waals surface area contributed by atoms with Crippen LogP contribution in [0.2, 0.25) is 0 Å². The van der Waals surface area contributed by atoms with Gasteiger partial charge in [0.25, 0.3) is 0 Å². The number of aromatic nitrogens is 2. The van der Waals surface area contributed by atoms with Crippen LogP contribution in [0.3, 0.4) is 0 Å². The molecule has 1 N–H and O–H groups in total. The Kier molecular flexibility index (Phi) is 3.23. The van der Waals surface area contributed by atoms with Gasteiger partial charge in [0.1, 0.15) is 11.3 Å². The van der Waals surface area contributed by atoms with Gasteiger partial charge in [0.15, 0.2) is 0 Å². The van der Waals surface area contributed by atoms with Crippen molar-refractivity contribution in [2.45, 2.75) is 13.8 Å². The van der Waals surface area contributed by atoms with Crippen LogP contribution in [0.15, 0.2) is 30.6 Å². The van der Waals surface area contributed by atoms with Crippen LogP contribution < -0.4 is 4.74 Å². The Morgan fingerprint density at radius 2 is 1.83 bits per heavy atom. The Balaban J connectivity index is 2.35. The Morgan fingerprint density at radius 1 is 1.17 bits per heavy atom. The molecule has 0 bridgehead atoms. The minimum absolute atomic E-state index is 0.0878. The molecule has 1 heterocycles. The first-order valence-electron chi connectivity index (χ1n) is 5.36. The second kappa shape index (κ2) is 4.83. The largest absolute Gasteiger partial charge is 0.478 e. The summed E-state index contributed by atoms with van der Waals surface area (Å²) in [6, 6.07) is 4.99. The molecule has 92 valence electrons. The van der Waals surface area contributed by atoms with E-state index in [4.69, 9.17) is 9.84 Å². The highest BCUT2D eigenvalue weighted by atomic mass is 16.5. The summed E-state index contributed by atoms with van der Waals surface area (Å²) in [5, 5.41) is 9.06. The zero-order valence-corrected chi connectivity index (χ0v) is 10.0. The molecule has 0 spiro atoms. The third-order valence-corrected chi connectivity index (χ3v) is 2.33. The molecule has 2 rings (SSSR count). The van der Waals surface area contributed by atoms with Crippen molar-refractivity contribution in [1.82, 2.24) is 9.97 Å². The zero-order valence-electron chi connectivity index (χ0n) is 10.0. The average molecular weight is 244 g/mol. The van der Waals surface area contributed by atoms with Crippen LogP contribution in [0.5, 0.6) is 11.8 Å². The zero-order chi connectivity index (χ0) is 13.1. The van der Waals surface area contributed by atoms with Crippen molar-refractivity contribution >= 4 is 5.97 Å². The lowest BCUT2D eigenvalue weighted by Gasteiger charge is -2.07. The maximum Gasteiger partial charge on any atom is 0.339 e. The van der Waals surface area contributed by atoms with E-state index in [1.54, 1.807) is 24.5 Å². The Labute approximate surface area is 104 Å². The van der Waals surface area contributed by atoms with Crippen LogP contribution in [0.1, 0.15) is 21.5 Å². The fraction of sp³-hybridized carbons (Fsp3) is 0.154. The van der Waals surface area contributed by atoms with Gasteiger partial charge in [-0.25, -0.2) is 14.8 Å². The maximum absolute atomic E-state index is 11.1. The van der Waals surface area contributed by atoms with Crippen molar-refractivity contribution in [1.29, 1.82) is 0 Å². The van der Waals surface area contributed by atoms with E-state index < -0.39 is 5.97 Å². The van der Waals surface area contributed by atoms with Crippen molar-refractivity contribution in [2.24, 2.45) is 0 Å². The standard InChI is InChI=1S/C13H12N2O3/c1-8-3-4-10(12(16)17)11(5-8)18-13-14-6-9(2)7-15-13/h3-7H,1-2H3,(H,16,17). The third kappa shape index (κ3) is 2.63. The molecule has 18 heavy (non-hydrogen) atoms. The highest BCUT2D eigenvalue weighted by Crippen LogP contribution is 2.24. The summed E-state index contributed by atoms with van der Waals surface area (Å²) in [7, 11) is 0. The molecule has 0 unspecified atom stereocenters. The molecular weight excluding hydrogens is 232 g/mol. The lowest BCUT2D eigenvalue weighted by Crippen LogP contribution is -2.01. The lowest BCUT2D eigenvalue weighted by atomic mass is 10.1. The van der Waals surface area contributed by atoms with Gasteiger partial charge in [0.2, 0.25) is 0 Å². The molecule has 5 nitrogen and oxygen atoms in total. The summed E-state index contributed by atoms with van der Waals surface area (Å²) in [6.45, 7) is 3.72. The predicted octanol–water partition coefficient (Wildman–Crippen LogP) is 2.58. The Morgan fingerprint density at radius 3 is 2.44 bits per heavy atom. The summed E-state index contributed by atoms with van der Waals surface area (Å²) in [5.41, 5.74) is 1.90. The molecule has 0 aliphatic carbocycles. The molecule has 1 aromatic heterocycles. The minimum atomic E-state index is -1.04. The molecule has 0 saturated carbocycles. The predicted molar refractivity (Wildman–Crippen MR) is 65.0 cm³/mol. The third-order valence-electron chi connectivity index (χ3n) is 2.33. The van der Waals surface area contributed by atoms with Crippen LogP contribution in [-0.4, -0.2) is 21.0 Å². The van der Waals surface area contributed by atoms with Crippen LogP contribution in [0.4, 0.5) is 0 Å². The molecular formula is C13H12N2O3. The van der Waals surface area contributed by atoms with Gasteiger partial charge >= 0.3 is 12.0 Å². The summed E-state index contributed by atoms with van der Waals surface area (Å²) >= 11 is 0. The number of carboxylic acids is 1. The molecule has 0 atom stereocenters. The van der Waals surface area contributed by atoms with Gasteiger partial charge in [-0.3, -0.25) is 0 Å². The number of carboxylic acid groups (broad SMARTS) is 1. The van der Waals surface area contributed by atoms with E-state index in [0.717, 1.165) is 11.1 Å². The van der Waals surface area contributed by atoms with Crippen molar-refractivity contribution in [2.75, 3.05) is 0 Å². The van der Waals surface area contributed by atoms with Gasteiger partial charge in [0.05, 0.1) is 0 Å². The number of aryl methyl sites for hydroxylation is 2. The van der Waals surface area contributed by atoms with Gasteiger partial charge in [-0.15, -0.1) is 0 Å². The summed E-state index contributed by atoms with van der Waals surface area (Å²) in [4.78, 5) is 19.0. The number of ether oxygens (including phenoxy) is 1. The van der Waals surface area contributed by atoms with Crippen LogP contribution in [0.25, 0.3) is 0 Å². The number of rotatable bonds is 3. The summed E-state index contributed by atoms with van der Waals surface area (Å²) < 4.78 is 5.40. The molecule has 1 aromatic carbocycles. The fourth-order valence-corrected chi connectivity index (χ4v) is 1.42. The average Bonchev–Trinajstić information content (AvgIpc) is 2.32. The molecule has 5 heteroatoms. The van der Waals surface area contributed by atoms with Crippen molar-refractivity contribution in [3.05, 3.63) is 47.3 Å². The fourth-order valence-electron chi connectivity index (χ4n) is 1.42. The SMILES string of the molecule is Cc1cnc(Oc2cc(C)ccc2C(=O)O)nc1. The van der Waals surface area contributed by atoms with Crippen molar-refractivity contribution in [3.8, 4) is 11.8 Å². The van der Waals surface area contributed by atoms with Crippen LogP contribution >= 0.6 is 0 Å². The second-order valence-corrected chi connectivity index (χ2v) is 3.95. The lowest BCUT2D eigenvalue weighted by molar-refractivity contribution is 0.0694. The maximum atomic E-state index is 11.1. The monoisotopic (exact) mass is 244 g/mol. The van der Waals surface area contributed by atoms with Gasteiger partial charge in [-0.1, -0.05) is 6.07 Å². The van der Waals surface area contributed by atoms with E-state index in [9.17, 15) is 4.79 Å². The van der Waals surface area contributed by atoms with Crippen LogP contribution in [0, 0.1) is 13.8 Å². The normalized spacial score (nSPS) is 10.1. The quantitative estimate of drug-likeness (QED) is 0.898. The molecule has 2 aromatic rings. The van der Waals surface area contributed by atoms with Gasteiger partial charge in [-0.2, -0.15) is 0 Å². The number of hydrogen-bond acceptors (Lipinski definition) is 4. The Hall–Kier alpha value is -2.43. The van der Waals surface area contributed by atoms with E-state index in [-0.39, 0.29) is 17.3 Å². The van der Waals surface area contributed by atoms with Gasteiger partial charge in [0, 0.05) is 12.4 Å². The first kappa shape index (κ1) is 12.0. The van der Waals surface area contributed by atoms with Crippen molar-refractivity contribution < 1.29 is 14.6 Å². The van der Waals surface area contributed by atoms with E-state index in [0.29, 0.717) is 0 Å². The van der Waals surface area contributed by atoms with E-state index in [1.807, 2.05) is 13.8 Å². The summed E-state index contributed by atoms with van der Waals surface area (Å²) in [6.07, 6.45) is 3.22. The molecule has 0 amide bonds. The first-order valence-corrected chi connectivity index (χ1v) is 5.36. The topological polar surface area (TPSA) is 72.3 Å². The molecule has 0 saturated heterocycles. The van der Waals surface area contributed by atoms with E-state index in [2.05, 4.69) is 9.97 Å². The van der Waals surface area contributed by atoms with Crippen molar-refractivity contribution in [3.63, 3.8) is 0 Å². The number of carbonyl (C=O) groups is 1. The van der Waals surface area contributed by atoms with E-state index in [1.165, 1.54) is 6.07 Å². The minimum Gasteiger partial charge on any atom is -0.478 e. The van der Waals surface area contributed by atoms with E-state index >= 15 is 0 Å². The summed E-state index contributed by atoms with van der Waals surface area (Å²) in [5.74, 6) is -0.802. The highest BCUT2D eigenvalue weighted by molar-refractivity contribution is 5.91. The molecule has 0 fully saturated rings. The first-order chi connectivity index (χ1) is 8.56. The molecule has 0 aliphatic heterocycles. The van der Waals surface area contributed by atoms with Crippen LogP contribution in [-0.2, 0) is 0 Å².